The summed E-state index contributed by atoms with van der Waals surface area (Å²) >= 11 is 0. The van der Waals surface area contributed by atoms with Crippen LogP contribution in [0.3, 0.4) is 0 Å². The second kappa shape index (κ2) is 4.81. The monoisotopic (exact) mass is 300 g/mol. The van der Waals surface area contributed by atoms with E-state index in [1.807, 2.05) is 6.07 Å². The first kappa shape index (κ1) is 12.8. The number of hydrogen-bond donors (Lipinski definition) is 2. The van der Waals surface area contributed by atoms with Crippen LogP contribution in [0, 0.1) is 11.6 Å². The number of pyridine rings is 1. The van der Waals surface area contributed by atoms with Crippen LogP contribution >= 0.6 is 0 Å². The van der Waals surface area contributed by atoms with Crippen molar-refractivity contribution < 1.29 is 13.6 Å². The summed E-state index contributed by atoms with van der Waals surface area (Å²) in [6.07, 6.45) is 4.88. The third-order valence-electron chi connectivity index (χ3n) is 3.41. The molecule has 0 bridgehead atoms. The van der Waals surface area contributed by atoms with Gasteiger partial charge < -0.3 is 9.82 Å². The number of hydrazine groups is 1. The zero-order valence-corrected chi connectivity index (χ0v) is 11.2. The molecular weight excluding hydrogens is 290 g/mol. The molecule has 0 saturated heterocycles. The van der Waals surface area contributed by atoms with Crippen molar-refractivity contribution in [2.24, 2.45) is 0 Å². The molecule has 7 heteroatoms. The molecule has 110 valence electrons. The van der Waals surface area contributed by atoms with Crippen molar-refractivity contribution in [2.45, 2.75) is 0 Å². The van der Waals surface area contributed by atoms with E-state index in [-0.39, 0.29) is 11.3 Å². The third-order valence-corrected chi connectivity index (χ3v) is 3.41. The van der Waals surface area contributed by atoms with Gasteiger partial charge in [-0.1, -0.05) is 11.7 Å². The molecule has 0 spiro atoms. The number of hydrogen-bond acceptors (Lipinski definition) is 4. The number of nitrogens with zero attached hydrogens (tertiary/aromatic N) is 2. The highest BCUT2D eigenvalue weighted by molar-refractivity contribution is 5.90. The van der Waals surface area contributed by atoms with Crippen LogP contribution < -0.4 is 10.6 Å². The number of benzene rings is 1. The van der Waals surface area contributed by atoms with Gasteiger partial charge in [-0.15, -0.1) is 0 Å². The molecule has 1 aliphatic heterocycles. The Morgan fingerprint density at radius 3 is 2.73 bits per heavy atom. The molecule has 0 fully saturated rings. The highest BCUT2D eigenvalue weighted by atomic mass is 19.1. The van der Waals surface area contributed by atoms with Crippen molar-refractivity contribution in [2.75, 3.05) is 5.01 Å². The average molecular weight is 300 g/mol. The number of aromatic amines is 1. The van der Waals surface area contributed by atoms with Gasteiger partial charge in [0, 0.05) is 17.8 Å². The summed E-state index contributed by atoms with van der Waals surface area (Å²) in [5.41, 5.74) is 3.87. The van der Waals surface area contributed by atoms with E-state index in [0.29, 0.717) is 5.65 Å². The molecule has 22 heavy (non-hydrogen) atoms. The quantitative estimate of drug-likeness (QED) is 0.763. The predicted octanol–water partition coefficient (Wildman–Crippen LogP) is 3.10. The highest BCUT2D eigenvalue weighted by Crippen LogP contribution is 2.30. The number of halogens is 2. The van der Waals surface area contributed by atoms with Gasteiger partial charge in [0.1, 0.15) is 17.3 Å². The van der Waals surface area contributed by atoms with Gasteiger partial charge in [0.15, 0.2) is 5.76 Å². The molecule has 1 aromatic carbocycles. The summed E-state index contributed by atoms with van der Waals surface area (Å²) in [4.78, 5) is 12.4. The van der Waals surface area contributed by atoms with Gasteiger partial charge in [-0.25, -0.2) is 18.8 Å². The fraction of sp³-hybridized carbons (Fsp3) is 0. The van der Waals surface area contributed by atoms with Crippen LogP contribution in [0.2, 0.25) is 0 Å². The normalized spacial score (nSPS) is 14.3. The molecule has 0 unspecified atom stereocenters. The molecule has 1 aliphatic rings. The Morgan fingerprint density at radius 1 is 1.09 bits per heavy atom. The zero-order valence-electron chi connectivity index (χ0n) is 11.2. The van der Waals surface area contributed by atoms with Crippen LogP contribution in [-0.2, 0) is 4.84 Å². The minimum atomic E-state index is -0.684. The number of rotatable bonds is 2. The molecule has 0 aliphatic carbocycles. The largest absolute Gasteiger partial charge is 0.386 e. The first-order chi connectivity index (χ1) is 10.7. The average Bonchev–Trinajstić information content (AvgIpc) is 3.15. The van der Waals surface area contributed by atoms with Gasteiger partial charge in [-0.05, 0) is 24.3 Å². The van der Waals surface area contributed by atoms with E-state index < -0.39 is 11.6 Å². The van der Waals surface area contributed by atoms with Crippen LogP contribution in [0.25, 0.3) is 16.8 Å². The number of anilines is 1. The fourth-order valence-corrected chi connectivity index (χ4v) is 2.39. The Kier molecular flexibility index (Phi) is 2.80. The summed E-state index contributed by atoms with van der Waals surface area (Å²) in [7, 11) is 0. The van der Waals surface area contributed by atoms with Crippen LogP contribution in [0.4, 0.5) is 14.5 Å². The maximum Gasteiger partial charge on any atom is 0.180 e. The lowest BCUT2D eigenvalue weighted by Gasteiger charge is -2.14. The van der Waals surface area contributed by atoms with Gasteiger partial charge in [0.25, 0.3) is 0 Å². The zero-order chi connectivity index (χ0) is 15.1. The van der Waals surface area contributed by atoms with E-state index in [9.17, 15) is 8.78 Å². The smallest absolute Gasteiger partial charge is 0.180 e. The van der Waals surface area contributed by atoms with Gasteiger partial charge in [0.05, 0.1) is 17.5 Å². The number of H-pyrrole nitrogens is 1. The first-order valence-electron chi connectivity index (χ1n) is 6.54. The Bertz CT molecular complexity index is 870. The topological polar surface area (TPSA) is 53.2 Å². The Hall–Kier alpha value is -2.93. The van der Waals surface area contributed by atoms with E-state index in [1.165, 1.54) is 24.4 Å². The Labute approximate surface area is 123 Å². The van der Waals surface area contributed by atoms with E-state index in [1.54, 1.807) is 23.5 Å². The molecule has 3 heterocycles. The molecule has 3 aromatic rings. The van der Waals surface area contributed by atoms with Crippen molar-refractivity contribution >= 4 is 22.5 Å². The Morgan fingerprint density at radius 2 is 1.91 bits per heavy atom. The Balaban J connectivity index is 1.78. The lowest BCUT2D eigenvalue weighted by molar-refractivity contribution is 0.179. The summed E-state index contributed by atoms with van der Waals surface area (Å²) < 4.78 is 27.6. The molecule has 2 N–H and O–H groups in total. The molecule has 4 rings (SSSR count). The predicted molar refractivity (Wildman–Crippen MR) is 77.1 cm³/mol. The molecular formula is C15H10F2N4O. The third kappa shape index (κ3) is 1.91. The van der Waals surface area contributed by atoms with E-state index in [4.69, 9.17) is 4.84 Å². The number of fused-ring (bicyclic) bond motifs is 1. The number of nitrogens with one attached hydrogen (secondary N) is 2. The lowest BCUT2D eigenvalue weighted by atomic mass is 10.1. The summed E-state index contributed by atoms with van der Waals surface area (Å²) in [5.74, 6) is -1.30. The molecule has 5 nitrogen and oxygen atoms in total. The summed E-state index contributed by atoms with van der Waals surface area (Å²) in [6, 6.07) is 7.30. The first-order valence-corrected chi connectivity index (χ1v) is 6.54. The van der Waals surface area contributed by atoms with E-state index in [2.05, 4.69) is 15.6 Å². The van der Waals surface area contributed by atoms with E-state index >= 15 is 0 Å². The SMILES string of the molecule is Fc1cccc(F)c1C1=CN(c2ccnc3[nH]ccc23)NO1. The minimum absolute atomic E-state index is 0.0658. The molecule has 0 atom stereocenters. The van der Waals surface area contributed by atoms with Crippen molar-refractivity contribution in [3.05, 3.63) is 66.1 Å². The number of aromatic nitrogens is 2. The maximum atomic E-state index is 13.8. The molecule has 0 radical (unpaired) electrons. The maximum absolute atomic E-state index is 13.8. The van der Waals surface area contributed by atoms with Crippen molar-refractivity contribution in [3.63, 3.8) is 0 Å². The second-order valence-corrected chi connectivity index (χ2v) is 4.72. The van der Waals surface area contributed by atoms with Crippen LogP contribution in [0.1, 0.15) is 5.56 Å². The standard InChI is InChI=1S/C15H10F2N4O/c16-10-2-1-3-11(17)14(10)13-8-21(20-22-13)12-5-7-19-15-9(12)4-6-18-15/h1-8,20H,(H,18,19). The van der Waals surface area contributed by atoms with E-state index in [0.717, 1.165) is 11.1 Å². The van der Waals surface area contributed by atoms with Gasteiger partial charge in [-0.3, -0.25) is 0 Å². The summed E-state index contributed by atoms with van der Waals surface area (Å²) in [6.45, 7) is 0. The van der Waals surface area contributed by atoms with Crippen molar-refractivity contribution in [3.8, 4) is 0 Å². The molecule has 0 amide bonds. The van der Waals surface area contributed by atoms with Crippen LogP contribution in [0.15, 0.2) is 48.9 Å². The van der Waals surface area contributed by atoms with Crippen LogP contribution in [0.5, 0.6) is 0 Å². The van der Waals surface area contributed by atoms with Crippen LogP contribution in [-0.4, -0.2) is 9.97 Å². The summed E-state index contributed by atoms with van der Waals surface area (Å²) in [5, 5.41) is 2.39. The molecule has 2 aromatic heterocycles. The highest BCUT2D eigenvalue weighted by Gasteiger charge is 2.23. The lowest BCUT2D eigenvalue weighted by Crippen LogP contribution is -2.27. The second-order valence-electron chi connectivity index (χ2n) is 4.72. The van der Waals surface area contributed by atoms with Gasteiger partial charge in [0.2, 0.25) is 0 Å². The molecule has 0 saturated carbocycles. The van der Waals surface area contributed by atoms with Gasteiger partial charge >= 0.3 is 0 Å². The van der Waals surface area contributed by atoms with Crippen molar-refractivity contribution in [1.29, 1.82) is 0 Å². The minimum Gasteiger partial charge on any atom is -0.386 e. The fourth-order valence-electron chi connectivity index (χ4n) is 2.39. The van der Waals surface area contributed by atoms with Gasteiger partial charge in [-0.2, -0.15) is 0 Å². The van der Waals surface area contributed by atoms with Crippen molar-refractivity contribution in [1.82, 2.24) is 15.6 Å².